The van der Waals surface area contributed by atoms with Gasteiger partial charge in [-0.2, -0.15) is 0 Å². The van der Waals surface area contributed by atoms with Gasteiger partial charge < -0.3 is 69.4 Å². The summed E-state index contributed by atoms with van der Waals surface area (Å²) in [5, 5.41) is 50.0. The summed E-state index contributed by atoms with van der Waals surface area (Å²) in [4.78, 5) is 54.8. The van der Waals surface area contributed by atoms with E-state index in [1.807, 2.05) is 26.0 Å². The molecule has 2 heterocycles. The lowest BCUT2D eigenvalue weighted by atomic mass is 9.46. The molecule has 2 aromatic carbocycles. The monoisotopic (exact) mass is 1030 g/mol. The third kappa shape index (κ3) is 11.2. The number of carbonyl (C=O) groups excluding carboxylic acids is 4. The molecule has 0 spiro atoms. The normalized spacial score (nSPS) is 37.0. The van der Waals surface area contributed by atoms with Gasteiger partial charge >= 0.3 is 18.0 Å². The summed E-state index contributed by atoms with van der Waals surface area (Å²) in [6.07, 6.45) is -6.87. The molecule has 3 saturated carbocycles. The summed E-state index contributed by atoms with van der Waals surface area (Å²) in [6.45, 7) is 10.9. The SMILES string of the molecule is COc1ccc(C(=O)OC2C(OC3C(O)COC(O[C@H]4C[C@H]5[C@@H]6CC=C7C[C@@H](O)CC[C@]7(C)C6CC[C@]5(C)[C@@]4(O)[C@H](C)C(=O)CCC(C)C)C3OC(C)=O)OCC(O)C2OC(=O)NCc2ccc(CN)cc2)cc1. The fourth-order valence-electron chi connectivity index (χ4n) is 13.4. The minimum absolute atomic E-state index is 0.0451. The minimum Gasteiger partial charge on any atom is -0.497 e. The van der Waals surface area contributed by atoms with Crippen LogP contribution in [0.1, 0.15) is 121 Å². The Bertz CT molecular complexity index is 2330. The number of aliphatic hydroxyl groups excluding tert-OH is 3. The summed E-state index contributed by atoms with van der Waals surface area (Å²) >= 11 is 0. The van der Waals surface area contributed by atoms with Gasteiger partial charge in [-0.05, 0) is 116 Å². The van der Waals surface area contributed by atoms with Gasteiger partial charge in [-0.15, -0.1) is 0 Å². The van der Waals surface area contributed by atoms with Gasteiger partial charge in [0.2, 0.25) is 0 Å². The van der Waals surface area contributed by atoms with E-state index in [1.165, 1.54) is 31.7 Å². The van der Waals surface area contributed by atoms with Gasteiger partial charge in [-0.1, -0.05) is 70.5 Å². The van der Waals surface area contributed by atoms with Crippen LogP contribution in [0.2, 0.25) is 0 Å². The largest absolute Gasteiger partial charge is 0.497 e. The quantitative estimate of drug-likeness (QED) is 0.0657. The molecular weight excluding hydrogens is 957 g/mol. The van der Waals surface area contributed by atoms with Crippen molar-refractivity contribution in [1.29, 1.82) is 0 Å². The Hall–Kier alpha value is -4.50. The van der Waals surface area contributed by atoms with E-state index in [4.69, 9.17) is 43.6 Å². The van der Waals surface area contributed by atoms with Crippen LogP contribution in [0.25, 0.3) is 0 Å². The lowest BCUT2D eigenvalue weighted by molar-refractivity contribution is -0.344. The highest BCUT2D eigenvalue weighted by atomic mass is 16.8. The van der Waals surface area contributed by atoms with E-state index in [2.05, 4.69) is 25.2 Å². The third-order valence-electron chi connectivity index (χ3n) is 17.7. The number of ketones is 1. The smallest absolute Gasteiger partial charge is 0.407 e. The second kappa shape index (κ2) is 23.0. The highest BCUT2D eigenvalue weighted by molar-refractivity contribution is 5.89. The Morgan fingerprint density at radius 3 is 2.11 bits per heavy atom. The van der Waals surface area contributed by atoms with E-state index in [0.717, 1.165) is 30.4 Å². The topological polar surface area (TPSA) is 261 Å². The maximum Gasteiger partial charge on any atom is 0.407 e. The van der Waals surface area contributed by atoms with Crippen molar-refractivity contribution in [2.75, 3.05) is 20.3 Å². The number of nitrogens with one attached hydrogen (secondary N) is 1. The lowest BCUT2D eigenvalue weighted by Crippen LogP contribution is -2.64. The van der Waals surface area contributed by atoms with Crippen LogP contribution in [-0.2, 0) is 55.8 Å². The number of allylic oxidation sites excluding steroid dienone is 1. The Morgan fingerprint density at radius 1 is 0.811 bits per heavy atom. The number of methoxy groups -OCH3 is 1. The minimum atomic E-state index is -1.72. The molecule has 7 N–H and O–H groups in total. The molecule has 8 rings (SSSR count). The van der Waals surface area contributed by atoms with E-state index in [9.17, 15) is 39.6 Å². The number of fused-ring (bicyclic) bond motifs is 5. The number of nitrogens with two attached hydrogens (primary N) is 1. The number of rotatable bonds is 17. The van der Waals surface area contributed by atoms with Crippen molar-refractivity contribution in [3.05, 3.63) is 76.9 Å². The predicted molar refractivity (Wildman–Crippen MR) is 267 cm³/mol. The zero-order chi connectivity index (χ0) is 53.3. The van der Waals surface area contributed by atoms with Gasteiger partial charge in [-0.25, -0.2) is 9.59 Å². The molecule has 9 unspecified atom stereocenters. The number of hydrogen-bond donors (Lipinski definition) is 6. The van der Waals surface area contributed by atoms with Gasteiger partial charge in [0.15, 0.2) is 30.9 Å². The fraction of sp³-hybridized carbons (Fsp3) is 0.679. The standard InChI is InChI=1S/C56H78N2O16/c1-30(2)8-19-42(61)31(3)56(66)45(25-41-39-18-15-36-24-37(60)20-22-54(36,5)40(39)21-23-55(41,56)6)71-51-48(70-32(4)59)46(43(62)28-68-51)73-52-49(72-50(64)35-13-16-38(67-7)17-14-35)47(44(63)29-69-52)74-53(65)58-27-34-11-9-33(26-57)10-12-34/h9-17,30-31,37,39-41,43-49,51-52,60,62-63,66H,8,18-29,57H2,1-7H3,(H,58,65)/t31-,37+,39-,40?,41+,43?,44?,45+,46?,47?,48?,49?,51?,52?,54+,55+,56-/m1/s1. The summed E-state index contributed by atoms with van der Waals surface area (Å²) in [5.41, 5.74) is 6.11. The van der Waals surface area contributed by atoms with E-state index < -0.39 is 103 Å². The van der Waals surface area contributed by atoms with E-state index in [0.29, 0.717) is 44.4 Å². The first-order valence-corrected chi connectivity index (χ1v) is 26.5. The fourth-order valence-corrected chi connectivity index (χ4v) is 13.4. The molecule has 0 radical (unpaired) electrons. The highest BCUT2D eigenvalue weighted by Crippen LogP contribution is 2.69. The van der Waals surface area contributed by atoms with Crippen LogP contribution in [0.15, 0.2) is 60.2 Å². The van der Waals surface area contributed by atoms with E-state index in [-0.39, 0.29) is 59.5 Å². The molecule has 0 aromatic heterocycles. The van der Waals surface area contributed by atoms with Crippen molar-refractivity contribution in [3.63, 3.8) is 0 Å². The number of amides is 1. The molecule has 0 bridgehead atoms. The molecule has 74 heavy (non-hydrogen) atoms. The van der Waals surface area contributed by atoms with Crippen molar-refractivity contribution in [2.24, 2.45) is 46.2 Å². The van der Waals surface area contributed by atoms with Crippen LogP contribution in [0.4, 0.5) is 4.79 Å². The summed E-state index contributed by atoms with van der Waals surface area (Å²) < 4.78 is 48.6. The van der Waals surface area contributed by atoms with E-state index in [1.54, 1.807) is 31.2 Å². The third-order valence-corrected chi connectivity index (χ3v) is 17.7. The van der Waals surface area contributed by atoms with Gasteiger partial charge in [0.1, 0.15) is 35.4 Å². The number of ether oxygens (including phenoxy) is 8. The lowest BCUT2D eigenvalue weighted by Gasteiger charge is -2.59. The summed E-state index contributed by atoms with van der Waals surface area (Å²) in [6, 6.07) is 13.2. The van der Waals surface area contributed by atoms with Gasteiger partial charge in [0, 0.05) is 37.8 Å². The number of hydrogen-bond acceptors (Lipinski definition) is 17. The van der Waals surface area contributed by atoms with Crippen molar-refractivity contribution in [2.45, 2.75) is 179 Å². The number of alkyl carbamates (subject to hydrolysis) is 1. The molecule has 6 aliphatic rings. The molecular formula is C56H78N2O16. The Kier molecular flexibility index (Phi) is 17.3. The van der Waals surface area contributed by atoms with Crippen molar-refractivity contribution >= 4 is 23.8 Å². The second-order valence-electron chi connectivity index (χ2n) is 22.5. The van der Waals surface area contributed by atoms with Gasteiger partial charge in [0.25, 0.3) is 0 Å². The second-order valence-corrected chi connectivity index (χ2v) is 22.5. The maximum atomic E-state index is 14.3. The summed E-state index contributed by atoms with van der Waals surface area (Å²) in [5.74, 6) is -1.60. The van der Waals surface area contributed by atoms with Crippen LogP contribution >= 0.6 is 0 Å². The van der Waals surface area contributed by atoms with Crippen molar-refractivity contribution < 1.29 is 77.5 Å². The molecule has 2 aromatic rings. The number of esters is 2. The Balaban J connectivity index is 1.09. The van der Waals surface area contributed by atoms with Crippen LogP contribution in [-0.4, -0.2) is 132 Å². The zero-order valence-electron chi connectivity index (χ0n) is 43.8. The van der Waals surface area contributed by atoms with Crippen LogP contribution in [0.5, 0.6) is 5.75 Å². The number of aliphatic hydroxyl groups is 4. The van der Waals surface area contributed by atoms with Crippen LogP contribution < -0.4 is 15.8 Å². The number of carbonyl (C=O) groups is 4. The molecule has 408 valence electrons. The van der Waals surface area contributed by atoms with Crippen LogP contribution in [0, 0.1) is 40.4 Å². The molecule has 2 saturated heterocycles. The van der Waals surface area contributed by atoms with Crippen molar-refractivity contribution in [3.8, 4) is 5.75 Å². The Morgan fingerprint density at radius 2 is 1.46 bits per heavy atom. The molecule has 1 amide bonds. The van der Waals surface area contributed by atoms with Crippen LogP contribution in [0.3, 0.4) is 0 Å². The molecule has 5 fully saturated rings. The predicted octanol–water partition coefficient (Wildman–Crippen LogP) is 5.42. The van der Waals surface area contributed by atoms with Gasteiger partial charge in [0.05, 0.1) is 38.1 Å². The highest BCUT2D eigenvalue weighted by Gasteiger charge is 2.70. The summed E-state index contributed by atoms with van der Waals surface area (Å²) in [7, 11) is 1.47. The zero-order valence-corrected chi connectivity index (χ0v) is 43.8. The molecule has 18 nitrogen and oxygen atoms in total. The molecule has 18 heteroatoms. The molecule has 17 atom stereocenters. The van der Waals surface area contributed by atoms with Gasteiger partial charge in [-0.3, -0.25) is 9.59 Å². The van der Waals surface area contributed by atoms with Crippen molar-refractivity contribution in [1.82, 2.24) is 5.32 Å². The number of benzene rings is 2. The first-order valence-electron chi connectivity index (χ1n) is 26.5. The molecule has 4 aliphatic carbocycles. The average Bonchev–Trinajstić information content (AvgIpc) is 3.62. The van der Waals surface area contributed by atoms with E-state index >= 15 is 0 Å². The first-order chi connectivity index (χ1) is 35.2. The first kappa shape index (κ1) is 55.7. The molecule has 2 aliphatic heterocycles. The average molecular weight is 1040 g/mol. The Labute approximate surface area is 433 Å². The maximum absolute atomic E-state index is 14.3. The number of Topliss-reactive ketones (excluding diaryl/α,β-unsaturated/α-hetero) is 1.